The average Bonchev–Trinajstić information content (AvgIpc) is 3.30. The van der Waals surface area contributed by atoms with Crippen LogP contribution in [0.15, 0.2) is 60.9 Å². The largest absolute Gasteiger partial charge is 0.496 e. The van der Waals surface area contributed by atoms with Crippen molar-refractivity contribution in [3.63, 3.8) is 0 Å². The van der Waals surface area contributed by atoms with E-state index in [1.165, 1.54) is 17.5 Å². The summed E-state index contributed by atoms with van der Waals surface area (Å²) >= 11 is 7.45. The van der Waals surface area contributed by atoms with Gasteiger partial charge in [-0.05, 0) is 43.3 Å². The van der Waals surface area contributed by atoms with Crippen LogP contribution in [-0.4, -0.2) is 62.5 Å². The molecule has 1 amide bonds. The number of anilines is 1. The Morgan fingerprint density at radius 1 is 1.05 bits per heavy atom. The number of aryl methyl sites for hydroxylation is 1. The van der Waals surface area contributed by atoms with Crippen LogP contribution in [0.2, 0.25) is 5.02 Å². The zero-order valence-corrected chi connectivity index (χ0v) is 23.7. The molecule has 0 atom stereocenters. The SMILES string of the molecule is COc1ccc(Cl)cc1-c1cc(C)ncc1C(=O)Nc1nc2ncc(-c3ccc(C#N)cc3)nc2s1.[Na]. The Kier molecular flexibility index (Phi) is 8.17. The van der Waals surface area contributed by atoms with Crippen LogP contribution >= 0.6 is 22.9 Å². The minimum absolute atomic E-state index is 0. The molecule has 0 saturated heterocycles. The van der Waals surface area contributed by atoms with Crippen LogP contribution in [0.3, 0.4) is 0 Å². The van der Waals surface area contributed by atoms with Gasteiger partial charge in [0.1, 0.15) is 5.75 Å². The molecular weight excluding hydrogens is 519 g/mol. The Morgan fingerprint density at radius 3 is 2.57 bits per heavy atom. The fraction of sp³-hybridized carbons (Fsp3) is 0.0769. The van der Waals surface area contributed by atoms with Crippen LogP contribution < -0.4 is 10.1 Å². The number of hydrogen-bond donors (Lipinski definition) is 1. The predicted molar refractivity (Wildman–Crippen MR) is 145 cm³/mol. The zero-order valence-electron chi connectivity index (χ0n) is 20.1. The molecule has 3 aromatic heterocycles. The molecule has 8 nitrogen and oxygen atoms in total. The topological polar surface area (TPSA) is 114 Å². The molecule has 0 aliphatic rings. The number of methoxy groups -OCH3 is 1. The summed E-state index contributed by atoms with van der Waals surface area (Å²) in [5.74, 6) is 0.202. The van der Waals surface area contributed by atoms with Crippen LogP contribution in [0.1, 0.15) is 21.6 Å². The molecule has 5 aromatic rings. The fourth-order valence-corrected chi connectivity index (χ4v) is 4.61. The Morgan fingerprint density at radius 2 is 1.84 bits per heavy atom. The number of thiazole rings is 1. The number of nitrogens with zero attached hydrogens (tertiary/aromatic N) is 5. The second-order valence-electron chi connectivity index (χ2n) is 7.76. The van der Waals surface area contributed by atoms with Crippen molar-refractivity contribution in [2.24, 2.45) is 0 Å². The van der Waals surface area contributed by atoms with Crippen molar-refractivity contribution in [3.05, 3.63) is 82.8 Å². The summed E-state index contributed by atoms with van der Waals surface area (Å²) in [5, 5.41) is 12.7. The standard InChI is InChI=1S/C26H17ClN6O2S.Na/c1-14-9-18(19-10-17(27)7-8-22(19)35-2)20(12-29-14)24(34)33-26-32-23-25(36-26)31-21(13-30-23)16-5-3-15(11-28)4-6-16;/h3-10,12-13H,1-2H3,(H,30,32,33,34);. The van der Waals surface area contributed by atoms with Crippen molar-refractivity contribution in [3.8, 4) is 34.2 Å². The van der Waals surface area contributed by atoms with Gasteiger partial charge in [-0.1, -0.05) is 35.1 Å². The molecule has 0 fully saturated rings. The maximum atomic E-state index is 13.3. The molecule has 0 spiro atoms. The third-order valence-electron chi connectivity index (χ3n) is 5.39. The van der Waals surface area contributed by atoms with E-state index < -0.39 is 0 Å². The summed E-state index contributed by atoms with van der Waals surface area (Å²) in [4.78, 5) is 31.6. The van der Waals surface area contributed by atoms with Gasteiger partial charge in [0.25, 0.3) is 5.91 Å². The summed E-state index contributed by atoms with van der Waals surface area (Å²) in [7, 11) is 1.56. The van der Waals surface area contributed by atoms with Gasteiger partial charge in [0.15, 0.2) is 15.6 Å². The first-order valence-corrected chi connectivity index (χ1v) is 11.9. The number of aromatic nitrogens is 4. The molecule has 0 aliphatic heterocycles. The Balaban J connectivity index is 0.00000320. The van der Waals surface area contributed by atoms with Gasteiger partial charge in [-0.2, -0.15) is 10.2 Å². The molecule has 0 saturated carbocycles. The van der Waals surface area contributed by atoms with Crippen molar-refractivity contribution < 1.29 is 9.53 Å². The predicted octanol–water partition coefficient (Wildman–Crippen LogP) is 5.53. The van der Waals surface area contributed by atoms with E-state index in [0.717, 1.165) is 11.3 Å². The van der Waals surface area contributed by atoms with Gasteiger partial charge < -0.3 is 4.74 Å². The number of amides is 1. The van der Waals surface area contributed by atoms with Crippen LogP contribution in [-0.2, 0) is 0 Å². The maximum absolute atomic E-state index is 13.3. The second kappa shape index (κ2) is 11.3. The number of halogens is 1. The third kappa shape index (κ3) is 5.64. The van der Waals surface area contributed by atoms with Gasteiger partial charge in [-0.25, -0.2) is 9.97 Å². The number of rotatable bonds is 5. The van der Waals surface area contributed by atoms with Crippen molar-refractivity contribution in [1.29, 1.82) is 5.26 Å². The summed E-state index contributed by atoms with van der Waals surface area (Å²) in [6.07, 6.45) is 3.13. The number of fused-ring (bicyclic) bond motifs is 1. The number of carbonyl (C=O) groups is 1. The number of carbonyl (C=O) groups excluding carboxylic acids is 1. The number of nitriles is 1. The third-order valence-corrected chi connectivity index (χ3v) is 6.48. The molecule has 3 heterocycles. The van der Waals surface area contributed by atoms with Crippen molar-refractivity contribution >= 4 is 74.0 Å². The van der Waals surface area contributed by atoms with Crippen molar-refractivity contribution in [1.82, 2.24) is 19.9 Å². The molecule has 0 aliphatic carbocycles. The summed E-state index contributed by atoms with van der Waals surface area (Å²) in [6.45, 7) is 1.85. The van der Waals surface area contributed by atoms with Crippen LogP contribution in [0.25, 0.3) is 32.9 Å². The molecule has 177 valence electrons. The summed E-state index contributed by atoms with van der Waals surface area (Å²) in [6, 6.07) is 16.2. The first-order chi connectivity index (χ1) is 17.4. The molecule has 1 radical (unpaired) electrons. The average molecular weight is 536 g/mol. The van der Waals surface area contributed by atoms with E-state index in [2.05, 4.69) is 31.3 Å². The van der Waals surface area contributed by atoms with Crippen molar-refractivity contribution in [2.45, 2.75) is 6.92 Å². The normalized spacial score (nSPS) is 10.4. The molecule has 0 unspecified atom stereocenters. The van der Waals surface area contributed by atoms with E-state index >= 15 is 0 Å². The molecule has 2 aromatic carbocycles. The van der Waals surface area contributed by atoms with E-state index in [1.807, 2.05) is 25.1 Å². The molecule has 37 heavy (non-hydrogen) atoms. The minimum atomic E-state index is -0.383. The number of hydrogen-bond acceptors (Lipinski definition) is 8. The van der Waals surface area contributed by atoms with E-state index in [4.69, 9.17) is 21.6 Å². The van der Waals surface area contributed by atoms with Gasteiger partial charge in [0, 0.05) is 63.2 Å². The van der Waals surface area contributed by atoms with Gasteiger partial charge in [-0.15, -0.1) is 0 Å². The monoisotopic (exact) mass is 535 g/mol. The van der Waals surface area contributed by atoms with Gasteiger partial charge in [0.05, 0.1) is 36.2 Å². The Bertz CT molecular complexity index is 1670. The minimum Gasteiger partial charge on any atom is -0.496 e. The summed E-state index contributed by atoms with van der Waals surface area (Å²) < 4.78 is 5.49. The Labute approximate surface area is 243 Å². The molecule has 11 heteroatoms. The van der Waals surface area contributed by atoms with Crippen LogP contribution in [0, 0.1) is 18.3 Å². The smallest absolute Gasteiger partial charge is 0.259 e. The molecule has 0 bridgehead atoms. The number of benzene rings is 2. The Hall–Kier alpha value is -3.39. The van der Waals surface area contributed by atoms with Crippen LogP contribution in [0.4, 0.5) is 5.13 Å². The second-order valence-corrected chi connectivity index (χ2v) is 9.18. The molecule has 1 N–H and O–H groups in total. The molecular formula is C26H17ClN6NaO2S. The number of pyridine rings is 1. The first-order valence-electron chi connectivity index (χ1n) is 10.7. The van der Waals surface area contributed by atoms with E-state index in [1.54, 1.807) is 43.6 Å². The van der Waals surface area contributed by atoms with Gasteiger partial charge in [-0.3, -0.25) is 15.1 Å². The van der Waals surface area contributed by atoms with Crippen LogP contribution in [0.5, 0.6) is 5.75 Å². The summed E-state index contributed by atoms with van der Waals surface area (Å²) in [5.41, 5.74) is 4.87. The first kappa shape index (κ1) is 26.7. The number of ether oxygens (including phenoxy) is 1. The maximum Gasteiger partial charge on any atom is 0.259 e. The quantitative estimate of drug-likeness (QED) is 0.294. The van der Waals surface area contributed by atoms with Gasteiger partial charge >= 0.3 is 0 Å². The molecule has 5 rings (SSSR count). The van der Waals surface area contributed by atoms with E-state index in [0.29, 0.717) is 54.3 Å². The number of nitrogens with one attached hydrogen (secondary N) is 1. The van der Waals surface area contributed by atoms with E-state index in [-0.39, 0.29) is 35.5 Å². The van der Waals surface area contributed by atoms with Crippen molar-refractivity contribution in [2.75, 3.05) is 12.4 Å². The fourth-order valence-electron chi connectivity index (χ4n) is 3.65. The van der Waals surface area contributed by atoms with E-state index in [9.17, 15) is 4.79 Å². The van der Waals surface area contributed by atoms with Gasteiger partial charge in [0.2, 0.25) is 0 Å². The zero-order chi connectivity index (χ0) is 25.2.